The number of para-hydroxylation sites is 1. The van der Waals surface area contributed by atoms with Gasteiger partial charge in [-0.05, 0) is 29.8 Å². The van der Waals surface area contributed by atoms with Crippen LogP contribution in [0.15, 0.2) is 48.8 Å². The zero-order chi connectivity index (χ0) is 22.5. The number of fused-ring (bicyclic) bond motifs is 1. The van der Waals surface area contributed by atoms with E-state index in [1.165, 1.54) is 7.11 Å². The summed E-state index contributed by atoms with van der Waals surface area (Å²) in [5, 5.41) is 14.6. The van der Waals surface area contributed by atoms with Crippen LogP contribution >= 0.6 is 0 Å². The van der Waals surface area contributed by atoms with Crippen molar-refractivity contribution >= 4 is 23.2 Å². The molecule has 0 bridgehead atoms. The van der Waals surface area contributed by atoms with Gasteiger partial charge < -0.3 is 19.5 Å². The quantitative estimate of drug-likeness (QED) is 0.353. The van der Waals surface area contributed by atoms with Crippen molar-refractivity contribution in [2.45, 2.75) is 6.54 Å². The molecule has 0 radical (unpaired) electrons. The van der Waals surface area contributed by atoms with E-state index in [9.17, 15) is 14.9 Å². The number of anilines is 2. The molecular weight excluding hydrogens is 420 g/mol. The summed E-state index contributed by atoms with van der Waals surface area (Å²) in [6.45, 7) is 0.390. The number of nitro groups is 1. The summed E-state index contributed by atoms with van der Waals surface area (Å²) < 4.78 is 15.8. The van der Waals surface area contributed by atoms with Gasteiger partial charge in [-0.1, -0.05) is 18.2 Å². The van der Waals surface area contributed by atoms with E-state index in [1.807, 2.05) is 0 Å². The van der Waals surface area contributed by atoms with Gasteiger partial charge in [0.15, 0.2) is 11.5 Å². The predicted octanol–water partition coefficient (Wildman–Crippen LogP) is 2.49. The third-order valence-electron chi connectivity index (χ3n) is 4.55. The number of aromatic nitrogens is 2. The van der Waals surface area contributed by atoms with E-state index in [1.54, 1.807) is 42.5 Å². The molecule has 32 heavy (non-hydrogen) atoms. The minimum absolute atomic E-state index is 0.0169. The molecule has 0 atom stereocenters. The predicted molar refractivity (Wildman–Crippen MR) is 113 cm³/mol. The van der Waals surface area contributed by atoms with E-state index in [2.05, 4.69) is 26.1 Å². The summed E-state index contributed by atoms with van der Waals surface area (Å²) in [5.74, 6) is 0.848. The third kappa shape index (κ3) is 4.28. The first kappa shape index (κ1) is 20.7. The number of hydrogen-bond acceptors (Lipinski definition) is 10. The summed E-state index contributed by atoms with van der Waals surface area (Å²) >= 11 is 0. The maximum absolute atomic E-state index is 12.5. The Morgan fingerprint density at radius 2 is 1.94 bits per heavy atom. The van der Waals surface area contributed by atoms with Crippen LogP contribution in [0, 0.1) is 10.1 Å². The minimum atomic E-state index is -0.639. The van der Waals surface area contributed by atoms with E-state index in [0.29, 0.717) is 17.2 Å². The monoisotopic (exact) mass is 438 g/mol. The highest BCUT2D eigenvalue weighted by molar-refractivity contribution is 5.97. The number of nitrogens with one attached hydrogen (secondary N) is 3. The molecule has 2 heterocycles. The maximum atomic E-state index is 12.5. The topological polar surface area (TPSA) is 150 Å². The van der Waals surface area contributed by atoms with Gasteiger partial charge in [-0.25, -0.2) is 9.97 Å². The van der Waals surface area contributed by atoms with Crippen molar-refractivity contribution in [3.63, 3.8) is 0 Å². The van der Waals surface area contributed by atoms with Crippen LogP contribution < -0.4 is 30.4 Å². The summed E-state index contributed by atoms with van der Waals surface area (Å²) in [6.07, 6.45) is 1.15. The molecule has 0 saturated heterocycles. The normalized spacial score (nSPS) is 11.5. The largest absolute Gasteiger partial charge is 0.496 e. The highest BCUT2D eigenvalue weighted by Crippen LogP contribution is 2.33. The van der Waals surface area contributed by atoms with Gasteiger partial charge in [-0.15, -0.1) is 0 Å². The molecule has 0 saturated carbocycles. The van der Waals surface area contributed by atoms with Gasteiger partial charge in [0.05, 0.1) is 17.6 Å². The Bertz CT molecular complexity index is 1170. The van der Waals surface area contributed by atoms with Crippen LogP contribution in [0.2, 0.25) is 0 Å². The maximum Gasteiger partial charge on any atom is 0.354 e. The van der Waals surface area contributed by atoms with Crippen LogP contribution in [0.4, 0.5) is 17.3 Å². The summed E-state index contributed by atoms with van der Waals surface area (Å²) in [7, 11) is 1.44. The molecule has 0 unspecified atom stereocenters. The number of benzene rings is 2. The summed E-state index contributed by atoms with van der Waals surface area (Å²) in [4.78, 5) is 31.4. The molecule has 4 rings (SSSR count). The Morgan fingerprint density at radius 1 is 1.16 bits per heavy atom. The number of rotatable bonds is 8. The lowest BCUT2D eigenvalue weighted by molar-refractivity contribution is -0.383. The van der Waals surface area contributed by atoms with Crippen molar-refractivity contribution in [3.05, 3.63) is 70.0 Å². The van der Waals surface area contributed by atoms with Crippen molar-refractivity contribution in [3.8, 4) is 17.2 Å². The fraction of sp³-hybridized carbons (Fsp3) is 0.150. The van der Waals surface area contributed by atoms with E-state index < -0.39 is 16.5 Å². The molecule has 1 aliphatic rings. The minimum Gasteiger partial charge on any atom is -0.496 e. The van der Waals surface area contributed by atoms with Gasteiger partial charge in [0.25, 0.3) is 5.91 Å². The van der Waals surface area contributed by atoms with E-state index in [4.69, 9.17) is 14.2 Å². The third-order valence-corrected chi connectivity index (χ3v) is 4.55. The van der Waals surface area contributed by atoms with Crippen molar-refractivity contribution in [2.75, 3.05) is 24.6 Å². The zero-order valence-electron chi connectivity index (χ0n) is 16.8. The van der Waals surface area contributed by atoms with E-state index in [-0.39, 0.29) is 30.5 Å². The van der Waals surface area contributed by atoms with Gasteiger partial charge in [-0.3, -0.25) is 25.8 Å². The second-order valence-electron chi connectivity index (χ2n) is 6.50. The molecule has 1 aliphatic heterocycles. The molecule has 1 amide bonds. The molecule has 0 aliphatic carbocycles. The molecule has 12 heteroatoms. The number of nitrogens with zero attached hydrogens (tertiary/aromatic N) is 3. The summed E-state index contributed by atoms with van der Waals surface area (Å²) in [5.41, 5.74) is 5.52. The highest BCUT2D eigenvalue weighted by atomic mass is 16.7. The standard InChI is InChI=1S/C20H18N6O6/c1-30-14-5-3-2-4-13(14)20(27)25-24-19-17(26(28)29)18(22-10-23-19)21-9-12-6-7-15-16(8-12)32-11-31-15/h2-8,10H,9,11H2,1H3,(H,25,27)(H2,21,22,23,24). The lowest BCUT2D eigenvalue weighted by atomic mass is 10.2. The first-order chi connectivity index (χ1) is 15.6. The average Bonchev–Trinajstić information content (AvgIpc) is 3.28. The second kappa shape index (κ2) is 9.04. The van der Waals surface area contributed by atoms with E-state index in [0.717, 1.165) is 11.9 Å². The van der Waals surface area contributed by atoms with Gasteiger partial charge in [-0.2, -0.15) is 0 Å². The Balaban J connectivity index is 1.49. The Morgan fingerprint density at radius 3 is 2.75 bits per heavy atom. The molecule has 1 aromatic heterocycles. The molecule has 164 valence electrons. The van der Waals surface area contributed by atoms with Gasteiger partial charge >= 0.3 is 5.69 Å². The van der Waals surface area contributed by atoms with Crippen LogP contribution in [-0.2, 0) is 6.54 Å². The number of hydrazine groups is 1. The Labute approximate surface area is 181 Å². The van der Waals surface area contributed by atoms with Gasteiger partial charge in [0, 0.05) is 6.54 Å². The number of amides is 1. The highest BCUT2D eigenvalue weighted by Gasteiger charge is 2.24. The van der Waals surface area contributed by atoms with Crippen LogP contribution in [-0.4, -0.2) is 34.7 Å². The number of carbonyl (C=O) groups is 1. The Kier molecular flexibility index (Phi) is 5.83. The van der Waals surface area contributed by atoms with Crippen LogP contribution in [0.5, 0.6) is 17.2 Å². The van der Waals surface area contributed by atoms with Gasteiger partial charge in [0.2, 0.25) is 18.4 Å². The summed E-state index contributed by atoms with van der Waals surface area (Å²) in [6, 6.07) is 11.9. The lowest BCUT2D eigenvalue weighted by Gasteiger charge is -2.12. The number of carbonyl (C=O) groups excluding carboxylic acids is 1. The van der Waals surface area contributed by atoms with Crippen molar-refractivity contribution in [1.29, 1.82) is 0 Å². The molecule has 2 aromatic carbocycles. The zero-order valence-corrected chi connectivity index (χ0v) is 16.8. The molecule has 3 N–H and O–H groups in total. The van der Waals surface area contributed by atoms with Crippen LogP contribution in [0.25, 0.3) is 0 Å². The van der Waals surface area contributed by atoms with Crippen molar-refractivity contribution in [2.24, 2.45) is 0 Å². The first-order valence-electron chi connectivity index (χ1n) is 9.38. The second-order valence-corrected chi connectivity index (χ2v) is 6.50. The fourth-order valence-corrected chi connectivity index (χ4v) is 3.02. The molecule has 0 fully saturated rings. The molecule has 12 nitrogen and oxygen atoms in total. The van der Waals surface area contributed by atoms with Gasteiger partial charge in [0.1, 0.15) is 12.1 Å². The number of ether oxygens (including phenoxy) is 3. The fourth-order valence-electron chi connectivity index (χ4n) is 3.02. The van der Waals surface area contributed by atoms with Crippen molar-refractivity contribution in [1.82, 2.24) is 15.4 Å². The average molecular weight is 438 g/mol. The van der Waals surface area contributed by atoms with Crippen LogP contribution in [0.3, 0.4) is 0 Å². The Hall–Kier alpha value is -4.61. The molecule has 3 aromatic rings. The lowest BCUT2D eigenvalue weighted by Crippen LogP contribution is -2.30. The smallest absolute Gasteiger partial charge is 0.354 e. The van der Waals surface area contributed by atoms with E-state index >= 15 is 0 Å². The number of hydrogen-bond donors (Lipinski definition) is 3. The van der Waals surface area contributed by atoms with Crippen molar-refractivity contribution < 1.29 is 23.9 Å². The molecular formula is C20H18N6O6. The SMILES string of the molecule is COc1ccccc1C(=O)NNc1ncnc(NCc2ccc3c(c2)OCO3)c1[N+](=O)[O-]. The van der Waals surface area contributed by atoms with Crippen LogP contribution in [0.1, 0.15) is 15.9 Å². The number of methoxy groups -OCH3 is 1. The first-order valence-corrected chi connectivity index (χ1v) is 9.38. The molecule has 0 spiro atoms.